The Labute approximate surface area is 124 Å². The summed E-state index contributed by atoms with van der Waals surface area (Å²) < 4.78 is 10.7. The van der Waals surface area contributed by atoms with Crippen molar-refractivity contribution in [2.45, 2.75) is 25.3 Å². The molecule has 0 radical (unpaired) electrons. The first-order chi connectivity index (χ1) is 9.36. The Morgan fingerprint density at radius 3 is 3.00 bits per heavy atom. The lowest BCUT2D eigenvalue weighted by Crippen LogP contribution is -2.13. The van der Waals surface area contributed by atoms with Gasteiger partial charge in [-0.1, -0.05) is 23.4 Å². The first kappa shape index (κ1) is 14.8. The molecule has 3 rings (SSSR count). The van der Waals surface area contributed by atoms with Gasteiger partial charge in [-0.05, 0) is 25.5 Å². The smallest absolute Gasteiger partial charge is 0.243 e. The summed E-state index contributed by atoms with van der Waals surface area (Å²) in [4.78, 5) is 4.47. The van der Waals surface area contributed by atoms with Crippen LogP contribution in [0.15, 0.2) is 28.8 Å². The van der Waals surface area contributed by atoms with Crippen LogP contribution in [0.25, 0.3) is 0 Å². The summed E-state index contributed by atoms with van der Waals surface area (Å²) in [5.74, 6) is 2.25. The molecule has 5 nitrogen and oxygen atoms in total. The minimum atomic E-state index is 0. The molecule has 1 atom stereocenters. The largest absolute Gasteiger partial charge is 0.496 e. The maximum Gasteiger partial charge on any atom is 0.243 e. The third kappa shape index (κ3) is 3.11. The third-order valence-corrected chi connectivity index (χ3v) is 3.38. The zero-order chi connectivity index (χ0) is 13.1. The van der Waals surface area contributed by atoms with Crippen LogP contribution in [0.3, 0.4) is 0 Å². The Balaban J connectivity index is 0.00000147. The first-order valence-corrected chi connectivity index (χ1v) is 6.54. The molecule has 1 aliphatic rings. The van der Waals surface area contributed by atoms with Gasteiger partial charge in [-0.25, -0.2) is 0 Å². The lowest BCUT2D eigenvalue weighted by molar-refractivity contribution is 0.341. The number of rotatable bonds is 4. The standard InChI is InChI=1S/C14H17N3O2.ClH/c1-18-12-7-3-2-5-10(12)9-13-16-14(19-17-13)11-6-4-8-15-11;/h2-3,5,7,11,15H,4,6,8-9H2,1H3;1H/t11-;/m1./s1. The van der Waals surface area contributed by atoms with Gasteiger partial charge in [-0.2, -0.15) is 4.98 Å². The fourth-order valence-corrected chi connectivity index (χ4v) is 2.40. The summed E-state index contributed by atoms with van der Waals surface area (Å²) in [5, 5.41) is 7.40. The van der Waals surface area contributed by atoms with E-state index in [0.29, 0.717) is 18.1 Å². The highest BCUT2D eigenvalue weighted by Crippen LogP contribution is 2.23. The number of benzene rings is 1. The van der Waals surface area contributed by atoms with Crippen LogP contribution in [-0.4, -0.2) is 23.8 Å². The van der Waals surface area contributed by atoms with Crippen molar-refractivity contribution in [2.24, 2.45) is 0 Å². The SMILES string of the molecule is COc1ccccc1Cc1noc([C@H]2CCCN2)n1.Cl. The third-order valence-electron chi connectivity index (χ3n) is 3.38. The molecular formula is C14H18ClN3O2. The number of ether oxygens (including phenoxy) is 1. The van der Waals surface area contributed by atoms with E-state index in [4.69, 9.17) is 9.26 Å². The molecule has 108 valence electrons. The van der Waals surface area contributed by atoms with Crippen LogP contribution < -0.4 is 10.1 Å². The number of halogens is 1. The van der Waals surface area contributed by atoms with Crippen molar-refractivity contribution < 1.29 is 9.26 Å². The molecule has 0 amide bonds. The molecule has 0 aliphatic carbocycles. The Bertz CT molecular complexity index is 553. The molecule has 2 aromatic rings. The van der Waals surface area contributed by atoms with E-state index in [-0.39, 0.29) is 18.4 Å². The average molecular weight is 296 g/mol. The van der Waals surface area contributed by atoms with E-state index in [0.717, 1.165) is 30.7 Å². The van der Waals surface area contributed by atoms with Crippen LogP contribution in [0.2, 0.25) is 0 Å². The second-order valence-electron chi connectivity index (χ2n) is 4.69. The number of para-hydroxylation sites is 1. The molecule has 1 fully saturated rings. The number of nitrogens with zero attached hydrogens (tertiary/aromatic N) is 2. The van der Waals surface area contributed by atoms with E-state index >= 15 is 0 Å². The number of methoxy groups -OCH3 is 1. The summed E-state index contributed by atoms with van der Waals surface area (Å²) in [6.07, 6.45) is 2.85. The second kappa shape index (κ2) is 6.72. The van der Waals surface area contributed by atoms with Crippen molar-refractivity contribution in [3.63, 3.8) is 0 Å². The van der Waals surface area contributed by atoms with Crippen LogP contribution in [-0.2, 0) is 6.42 Å². The highest BCUT2D eigenvalue weighted by Gasteiger charge is 2.22. The van der Waals surface area contributed by atoms with Gasteiger partial charge in [0.1, 0.15) is 5.75 Å². The molecule has 20 heavy (non-hydrogen) atoms. The van der Waals surface area contributed by atoms with Crippen LogP contribution in [0.1, 0.15) is 36.2 Å². The topological polar surface area (TPSA) is 60.2 Å². The Kier molecular flexibility index (Phi) is 4.98. The van der Waals surface area contributed by atoms with Crippen molar-refractivity contribution >= 4 is 12.4 Å². The molecule has 0 spiro atoms. The molecule has 2 heterocycles. The van der Waals surface area contributed by atoms with E-state index in [1.807, 2.05) is 24.3 Å². The number of hydrogen-bond donors (Lipinski definition) is 1. The van der Waals surface area contributed by atoms with Crippen molar-refractivity contribution in [2.75, 3.05) is 13.7 Å². The van der Waals surface area contributed by atoms with Crippen LogP contribution in [0.4, 0.5) is 0 Å². The van der Waals surface area contributed by atoms with Gasteiger partial charge in [0.05, 0.1) is 13.2 Å². The predicted molar refractivity (Wildman–Crippen MR) is 77.3 cm³/mol. The van der Waals surface area contributed by atoms with Gasteiger partial charge in [0.25, 0.3) is 0 Å². The molecule has 1 aliphatic heterocycles. The maximum atomic E-state index is 5.33. The number of nitrogens with one attached hydrogen (secondary N) is 1. The molecule has 1 aromatic carbocycles. The van der Waals surface area contributed by atoms with Gasteiger partial charge >= 0.3 is 0 Å². The predicted octanol–water partition coefficient (Wildman–Crippen LogP) is 2.52. The van der Waals surface area contributed by atoms with Crippen molar-refractivity contribution in [3.05, 3.63) is 41.5 Å². The summed E-state index contributed by atoms with van der Waals surface area (Å²) in [6, 6.07) is 8.11. The fourth-order valence-electron chi connectivity index (χ4n) is 2.40. The van der Waals surface area contributed by atoms with Crippen LogP contribution >= 0.6 is 12.4 Å². The Morgan fingerprint density at radius 1 is 1.40 bits per heavy atom. The quantitative estimate of drug-likeness (QED) is 0.939. The van der Waals surface area contributed by atoms with Gasteiger partial charge in [-0.3, -0.25) is 0 Å². The Hall–Kier alpha value is -1.59. The summed E-state index contributed by atoms with van der Waals surface area (Å²) in [7, 11) is 1.67. The molecule has 0 unspecified atom stereocenters. The zero-order valence-corrected chi connectivity index (χ0v) is 12.2. The van der Waals surface area contributed by atoms with Crippen LogP contribution in [0, 0.1) is 0 Å². The highest BCUT2D eigenvalue weighted by molar-refractivity contribution is 5.85. The summed E-state index contributed by atoms with van der Waals surface area (Å²) in [5.41, 5.74) is 1.07. The van der Waals surface area contributed by atoms with Crippen molar-refractivity contribution in [1.82, 2.24) is 15.5 Å². The second-order valence-corrected chi connectivity index (χ2v) is 4.69. The summed E-state index contributed by atoms with van der Waals surface area (Å²) in [6.45, 7) is 1.02. The van der Waals surface area contributed by atoms with Crippen molar-refractivity contribution in [3.8, 4) is 5.75 Å². The van der Waals surface area contributed by atoms with Gasteiger partial charge in [0, 0.05) is 12.0 Å². The minimum Gasteiger partial charge on any atom is -0.496 e. The lowest BCUT2D eigenvalue weighted by Gasteiger charge is -2.05. The summed E-state index contributed by atoms with van der Waals surface area (Å²) >= 11 is 0. The number of hydrogen-bond acceptors (Lipinski definition) is 5. The van der Waals surface area contributed by atoms with Gasteiger partial charge in [0.2, 0.25) is 5.89 Å². The molecule has 1 saturated heterocycles. The average Bonchev–Trinajstić information content (AvgIpc) is 3.09. The highest BCUT2D eigenvalue weighted by atomic mass is 35.5. The van der Waals surface area contributed by atoms with Gasteiger partial charge in [-0.15, -0.1) is 12.4 Å². The van der Waals surface area contributed by atoms with Gasteiger partial charge in [0.15, 0.2) is 5.82 Å². The normalized spacial score (nSPS) is 17.8. The van der Waals surface area contributed by atoms with E-state index in [1.165, 1.54) is 0 Å². The monoisotopic (exact) mass is 295 g/mol. The molecule has 0 saturated carbocycles. The van der Waals surface area contributed by atoms with Crippen molar-refractivity contribution in [1.29, 1.82) is 0 Å². The number of aromatic nitrogens is 2. The molecule has 6 heteroatoms. The van der Waals surface area contributed by atoms with Gasteiger partial charge < -0.3 is 14.6 Å². The molecule has 0 bridgehead atoms. The maximum absolute atomic E-state index is 5.33. The minimum absolute atomic E-state index is 0. The van der Waals surface area contributed by atoms with E-state index in [2.05, 4.69) is 15.5 Å². The zero-order valence-electron chi connectivity index (χ0n) is 11.3. The molecular weight excluding hydrogens is 278 g/mol. The van der Waals surface area contributed by atoms with E-state index < -0.39 is 0 Å². The lowest BCUT2D eigenvalue weighted by atomic mass is 10.1. The molecule has 1 aromatic heterocycles. The molecule has 1 N–H and O–H groups in total. The first-order valence-electron chi connectivity index (χ1n) is 6.54. The van der Waals surface area contributed by atoms with Crippen LogP contribution in [0.5, 0.6) is 5.75 Å². The Morgan fingerprint density at radius 2 is 2.25 bits per heavy atom. The fraction of sp³-hybridized carbons (Fsp3) is 0.429. The van der Waals surface area contributed by atoms with E-state index in [9.17, 15) is 0 Å². The van der Waals surface area contributed by atoms with E-state index in [1.54, 1.807) is 7.11 Å².